The Balaban J connectivity index is 1.55. The molecule has 10 heteroatoms. The van der Waals surface area contributed by atoms with E-state index in [2.05, 4.69) is 10.1 Å². The lowest BCUT2D eigenvalue weighted by molar-refractivity contribution is -0.141. The van der Waals surface area contributed by atoms with Crippen LogP contribution >= 0.6 is 11.8 Å². The van der Waals surface area contributed by atoms with Crippen LogP contribution in [0.15, 0.2) is 70.9 Å². The molecule has 29 heavy (non-hydrogen) atoms. The van der Waals surface area contributed by atoms with Crippen molar-refractivity contribution in [1.29, 1.82) is 0 Å². The van der Waals surface area contributed by atoms with Crippen LogP contribution in [-0.4, -0.2) is 35.7 Å². The number of alkyl halides is 3. The van der Waals surface area contributed by atoms with Crippen molar-refractivity contribution in [3.8, 4) is 11.3 Å². The van der Waals surface area contributed by atoms with E-state index in [0.29, 0.717) is 22.7 Å². The number of aromatic nitrogens is 5. The first-order chi connectivity index (χ1) is 13.9. The Labute approximate surface area is 167 Å². The maximum absolute atomic E-state index is 13.1. The normalized spacial score (nSPS) is 12.0. The molecule has 0 radical (unpaired) electrons. The molecule has 4 rings (SSSR count). The number of fused-ring (bicyclic) bond motifs is 1. The Morgan fingerprint density at radius 2 is 1.79 bits per heavy atom. The van der Waals surface area contributed by atoms with E-state index >= 15 is 0 Å². The third-order valence-electron chi connectivity index (χ3n) is 4.25. The topological polar surface area (TPSA) is 57.1 Å². The van der Waals surface area contributed by atoms with Crippen molar-refractivity contribution < 1.29 is 13.2 Å². The summed E-state index contributed by atoms with van der Waals surface area (Å²) in [6.45, 7) is -0.876. The van der Waals surface area contributed by atoms with Gasteiger partial charge in [-0.3, -0.25) is 4.40 Å². The van der Waals surface area contributed by atoms with Gasteiger partial charge in [-0.15, -0.1) is 5.10 Å². The zero-order chi connectivity index (χ0) is 20.4. The summed E-state index contributed by atoms with van der Waals surface area (Å²) >= 11 is 1.16. The van der Waals surface area contributed by atoms with E-state index in [9.17, 15) is 18.0 Å². The molecule has 0 saturated heterocycles. The summed E-state index contributed by atoms with van der Waals surface area (Å²) in [7, 11) is 0. The van der Waals surface area contributed by atoms with Crippen LogP contribution in [0.25, 0.3) is 16.9 Å². The average Bonchev–Trinajstić information content (AvgIpc) is 3.23. The van der Waals surface area contributed by atoms with Crippen molar-refractivity contribution in [2.75, 3.05) is 5.75 Å². The molecule has 4 aromatic rings. The summed E-state index contributed by atoms with van der Waals surface area (Å²) in [6.07, 6.45) is -1.31. The molecule has 0 spiro atoms. The van der Waals surface area contributed by atoms with Crippen molar-refractivity contribution in [3.05, 3.63) is 71.4 Å². The molecule has 1 aromatic carbocycles. The number of aryl methyl sites for hydroxylation is 1. The lowest BCUT2D eigenvalue weighted by Crippen LogP contribution is -2.22. The molecule has 3 heterocycles. The number of pyridine rings is 1. The van der Waals surface area contributed by atoms with Gasteiger partial charge in [0.15, 0.2) is 10.8 Å². The van der Waals surface area contributed by atoms with Crippen LogP contribution in [0, 0.1) is 0 Å². The zero-order valence-electron chi connectivity index (χ0n) is 15.1. The lowest BCUT2D eigenvalue weighted by atomic mass is 10.2. The molecule has 0 atom stereocenters. The predicted molar refractivity (Wildman–Crippen MR) is 104 cm³/mol. The Kier molecular flexibility index (Phi) is 5.18. The van der Waals surface area contributed by atoms with Gasteiger partial charge in [0.25, 0.3) is 0 Å². The molecule has 0 aliphatic heterocycles. The SMILES string of the molecule is O=c1n(CCSc2ncc(-c3ccccc3)n2CC(F)(F)F)nc2ccccn12. The molecule has 0 aliphatic rings. The van der Waals surface area contributed by atoms with Crippen molar-refractivity contribution in [3.63, 3.8) is 0 Å². The molecular formula is C19H16F3N5OS. The van der Waals surface area contributed by atoms with Gasteiger partial charge >= 0.3 is 11.9 Å². The maximum Gasteiger partial charge on any atom is 0.406 e. The Bertz CT molecular complexity index is 1180. The first kappa shape index (κ1) is 19.3. The second kappa shape index (κ2) is 7.78. The summed E-state index contributed by atoms with van der Waals surface area (Å²) < 4.78 is 43.3. The third-order valence-corrected chi connectivity index (χ3v) is 5.22. The van der Waals surface area contributed by atoms with Gasteiger partial charge in [0.1, 0.15) is 6.54 Å². The smallest absolute Gasteiger partial charge is 0.310 e. The van der Waals surface area contributed by atoms with Crippen LogP contribution in [0.1, 0.15) is 0 Å². The third kappa shape index (κ3) is 4.21. The molecular weight excluding hydrogens is 403 g/mol. The number of hydrogen-bond donors (Lipinski definition) is 0. The summed E-state index contributed by atoms with van der Waals surface area (Å²) in [5, 5.41) is 4.47. The van der Waals surface area contributed by atoms with E-state index in [1.165, 1.54) is 15.3 Å². The van der Waals surface area contributed by atoms with Crippen LogP contribution in [0.4, 0.5) is 13.2 Å². The standard InChI is InChI=1S/C19H16F3N5OS/c20-19(21,22)13-26-15(14-6-2-1-3-7-14)12-23-17(26)29-11-10-27-18(28)25-9-5-4-8-16(25)24-27/h1-9,12H,10-11,13H2. The van der Waals surface area contributed by atoms with E-state index < -0.39 is 12.7 Å². The van der Waals surface area contributed by atoms with Gasteiger partial charge in [0.2, 0.25) is 0 Å². The van der Waals surface area contributed by atoms with Gasteiger partial charge in [0, 0.05) is 11.9 Å². The van der Waals surface area contributed by atoms with Crippen LogP contribution in [0.3, 0.4) is 0 Å². The monoisotopic (exact) mass is 419 g/mol. The summed E-state index contributed by atoms with van der Waals surface area (Å²) in [6, 6.07) is 14.0. The minimum Gasteiger partial charge on any atom is -0.310 e. The van der Waals surface area contributed by atoms with Crippen LogP contribution in [-0.2, 0) is 13.1 Å². The summed E-state index contributed by atoms with van der Waals surface area (Å²) in [5.41, 5.74) is 1.29. The van der Waals surface area contributed by atoms with Crippen molar-refractivity contribution in [2.45, 2.75) is 24.4 Å². The van der Waals surface area contributed by atoms with Gasteiger partial charge in [-0.1, -0.05) is 48.2 Å². The fourth-order valence-corrected chi connectivity index (χ4v) is 3.88. The summed E-state index contributed by atoms with van der Waals surface area (Å²) in [5.74, 6) is 0.354. The number of nitrogens with zero attached hydrogens (tertiary/aromatic N) is 5. The first-order valence-corrected chi connectivity index (χ1v) is 9.76. The van der Waals surface area contributed by atoms with E-state index in [1.807, 2.05) is 0 Å². The van der Waals surface area contributed by atoms with Crippen molar-refractivity contribution >= 4 is 17.4 Å². The van der Waals surface area contributed by atoms with Crippen LogP contribution in [0.2, 0.25) is 0 Å². The van der Waals surface area contributed by atoms with Gasteiger partial charge in [-0.2, -0.15) is 13.2 Å². The molecule has 0 saturated carbocycles. The minimum absolute atomic E-state index is 0.248. The highest BCUT2D eigenvalue weighted by Gasteiger charge is 2.30. The molecule has 6 nitrogen and oxygen atoms in total. The Hall–Kier alpha value is -3.01. The quantitative estimate of drug-likeness (QED) is 0.447. The van der Waals surface area contributed by atoms with E-state index in [-0.39, 0.29) is 17.4 Å². The molecule has 0 fully saturated rings. The van der Waals surface area contributed by atoms with E-state index in [4.69, 9.17) is 0 Å². The fraction of sp³-hybridized carbons (Fsp3) is 0.211. The van der Waals surface area contributed by atoms with E-state index in [0.717, 1.165) is 16.3 Å². The molecule has 150 valence electrons. The van der Waals surface area contributed by atoms with Gasteiger partial charge in [-0.25, -0.2) is 14.5 Å². The van der Waals surface area contributed by atoms with Crippen LogP contribution < -0.4 is 5.69 Å². The second-order valence-electron chi connectivity index (χ2n) is 6.28. The fourth-order valence-electron chi connectivity index (χ4n) is 2.98. The zero-order valence-corrected chi connectivity index (χ0v) is 15.9. The number of hydrogen-bond acceptors (Lipinski definition) is 4. The number of halogens is 3. The largest absolute Gasteiger partial charge is 0.406 e. The number of thioether (sulfide) groups is 1. The van der Waals surface area contributed by atoms with Gasteiger partial charge in [0.05, 0.1) is 18.4 Å². The number of rotatable bonds is 6. The minimum atomic E-state index is -4.38. The molecule has 0 aliphatic carbocycles. The highest BCUT2D eigenvalue weighted by molar-refractivity contribution is 7.99. The molecule has 0 N–H and O–H groups in total. The van der Waals surface area contributed by atoms with Gasteiger partial charge < -0.3 is 4.57 Å². The molecule has 3 aromatic heterocycles. The maximum atomic E-state index is 13.1. The number of imidazole rings is 1. The second-order valence-corrected chi connectivity index (χ2v) is 7.34. The van der Waals surface area contributed by atoms with Crippen molar-refractivity contribution in [2.24, 2.45) is 0 Å². The first-order valence-electron chi connectivity index (χ1n) is 8.77. The van der Waals surface area contributed by atoms with Gasteiger partial charge in [-0.05, 0) is 17.7 Å². The Morgan fingerprint density at radius 1 is 1.03 bits per heavy atom. The van der Waals surface area contributed by atoms with Crippen molar-refractivity contribution in [1.82, 2.24) is 23.7 Å². The highest BCUT2D eigenvalue weighted by atomic mass is 32.2. The summed E-state index contributed by atoms with van der Waals surface area (Å²) in [4.78, 5) is 16.5. The number of benzene rings is 1. The Morgan fingerprint density at radius 3 is 2.52 bits per heavy atom. The van der Waals surface area contributed by atoms with E-state index in [1.54, 1.807) is 54.7 Å². The highest BCUT2D eigenvalue weighted by Crippen LogP contribution is 2.30. The van der Waals surface area contributed by atoms with Crippen LogP contribution in [0.5, 0.6) is 0 Å². The molecule has 0 unspecified atom stereocenters. The molecule has 0 amide bonds. The lowest BCUT2D eigenvalue weighted by Gasteiger charge is -2.14. The average molecular weight is 419 g/mol. The molecule has 0 bridgehead atoms. The predicted octanol–water partition coefficient (Wildman–Crippen LogP) is 3.71.